The molecule has 1 aromatic carbocycles. The second-order valence-electron chi connectivity index (χ2n) is 3.75. The predicted molar refractivity (Wildman–Crippen MR) is 69.8 cm³/mol. The van der Waals surface area contributed by atoms with Crippen LogP contribution in [0.25, 0.3) is 0 Å². The molecular weight excluding hydrogens is 232 g/mol. The van der Waals surface area contributed by atoms with Crippen LogP contribution in [-0.2, 0) is 4.79 Å². The summed E-state index contributed by atoms with van der Waals surface area (Å²) in [6.45, 7) is 3.63. The van der Waals surface area contributed by atoms with Gasteiger partial charge in [-0.3, -0.25) is 4.79 Å². The monoisotopic (exact) mass is 252 g/mol. The highest BCUT2D eigenvalue weighted by Crippen LogP contribution is 2.17. The van der Waals surface area contributed by atoms with Gasteiger partial charge in [0.05, 0.1) is 6.61 Å². The summed E-state index contributed by atoms with van der Waals surface area (Å²) in [6.07, 6.45) is 0.972. The number of nitrogens with one attached hydrogen (secondary N) is 1. The summed E-state index contributed by atoms with van der Waals surface area (Å²) in [6, 6.07) is 7.20. The number of hydrogen-bond donors (Lipinski definition) is 2. The molecule has 1 rings (SSSR count). The van der Waals surface area contributed by atoms with Gasteiger partial charge >= 0.3 is 0 Å². The van der Waals surface area contributed by atoms with Gasteiger partial charge in [-0.15, -0.1) is 0 Å². The Labute approximate surface area is 107 Å². The van der Waals surface area contributed by atoms with Crippen molar-refractivity contribution in [1.82, 2.24) is 5.32 Å². The van der Waals surface area contributed by atoms with E-state index in [1.54, 1.807) is 12.1 Å². The molecule has 1 amide bonds. The first-order valence-electron chi connectivity index (χ1n) is 6.08. The Morgan fingerprint density at radius 3 is 2.39 bits per heavy atom. The van der Waals surface area contributed by atoms with E-state index < -0.39 is 0 Å². The Bertz CT molecular complexity index is 352. The number of nitrogens with two attached hydrogens (primary N) is 1. The van der Waals surface area contributed by atoms with E-state index >= 15 is 0 Å². The predicted octanol–water partition coefficient (Wildman–Crippen LogP) is 0.929. The maximum Gasteiger partial charge on any atom is 0.257 e. The molecule has 0 unspecified atom stereocenters. The minimum absolute atomic E-state index is 0.00480. The average Bonchev–Trinajstić information content (AvgIpc) is 2.41. The number of amides is 1. The third-order valence-corrected chi connectivity index (χ3v) is 2.13. The number of rotatable bonds is 8. The van der Waals surface area contributed by atoms with Crippen LogP contribution in [-0.4, -0.2) is 32.2 Å². The second kappa shape index (κ2) is 8.36. The number of benzene rings is 1. The lowest BCUT2D eigenvalue weighted by Crippen LogP contribution is -2.32. The topological polar surface area (TPSA) is 73.6 Å². The molecule has 0 saturated carbocycles. The van der Waals surface area contributed by atoms with Gasteiger partial charge in [-0.1, -0.05) is 6.92 Å². The van der Waals surface area contributed by atoms with E-state index in [-0.39, 0.29) is 12.5 Å². The molecule has 5 heteroatoms. The highest BCUT2D eigenvalue weighted by molar-refractivity contribution is 5.77. The van der Waals surface area contributed by atoms with Gasteiger partial charge in [0.1, 0.15) is 11.5 Å². The van der Waals surface area contributed by atoms with E-state index in [9.17, 15) is 4.79 Å². The van der Waals surface area contributed by atoms with Crippen molar-refractivity contribution in [3.63, 3.8) is 0 Å². The van der Waals surface area contributed by atoms with Crippen LogP contribution in [0.1, 0.15) is 13.3 Å². The molecule has 0 saturated heterocycles. The van der Waals surface area contributed by atoms with Crippen molar-refractivity contribution >= 4 is 5.91 Å². The van der Waals surface area contributed by atoms with E-state index in [1.807, 2.05) is 12.1 Å². The van der Waals surface area contributed by atoms with Gasteiger partial charge in [0, 0.05) is 13.1 Å². The van der Waals surface area contributed by atoms with Crippen LogP contribution in [0, 0.1) is 0 Å². The largest absolute Gasteiger partial charge is 0.494 e. The normalized spacial score (nSPS) is 9.89. The first-order chi connectivity index (χ1) is 8.76. The minimum Gasteiger partial charge on any atom is -0.494 e. The lowest BCUT2D eigenvalue weighted by Gasteiger charge is -2.08. The molecule has 0 fully saturated rings. The van der Waals surface area contributed by atoms with Gasteiger partial charge < -0.3 is 20.5 Å². The van der Waals surface area contributed by atoms with Crippen LogP contribution < -0.4 is 20.5 Å². The van der Waals surface area contributed by atoms with Crippen LogP contribution in [0.15, 0.2) is 24.3 Å². The van der Waals surface area contributed by atoms with E-state index in [2.05, 4.69) is 12.2 Å². The summed E-state index contributed by atoms with van der Waals surface area (Å²) in [4.78, 5) is 11.3. The summed E-state index contributed by atoms with van der Waals surface area (Å²) in [5.74, 6) is 1.27. The van der Waals surface area contributed by atoms with Crippen LogP contribution in [0.4, 0.5) is 0 Å². The fourth-order valence-electron chi connectivity index (χ4n) is 1.26. The highest BCUT2D eigenvalue weighted by atomic mass is 16.5. The summed E-state index contributed by atoms with van der Waals surface area (Å²) >= 11 is 0. The Morgan fingerprint density at radius 1 is 1.22 bits per heavy atom. The second-order valence-corrected chi connectivity index (χ2v) is 3.75. The average molecular weight is 252 g/mol. The Balaban J connectivity index is 2.32. The molecule has 0 aliphatic carbocycles. The van der Waals surface area contributed by atoms with E-state index in [0.29, 0.717) is 25.4 Å². The molecule has 3 N–H and O–H groups in total. The van der Waals surface area contributed by atoms with Crippen molar-refractivity contribution in [2.24, 2.45) is 5.73 Å². The first-order valence-corrected chi connectivity index (χ1v) is 6.08. The maximum atomic E-state index is 11.3. The summed E-state index contributed by atoms with van der Waals surface area (Å²) in [5.41, 5.74) is 5.27. The molecule has 0 bridgehead atoms. The molecule has 100 valence electrons. The van der Waals surface area contributed by atoms with Gasteiger partial charge in [-0.2, -0.15) is 0 Å². The zero-order valence-corrected chi connectivity index (χ0v) is 10.6. The van der Waals surface area contributed by atoms with E-state index in [4.69, 9.17) is 15.2 Å². The number of ether oxygens (including phenoxy) is 2. The summed E-state index contributed by atoms with van der Waals surface area (Å²) < 4.78 is 10.8. The minimum atomic E-state index is -0.174. The molecule has 0 aliphatic rings. The van der Waals surface area contributed by atoms with Crippen LogP contribution >= 0.6 is 0 Å². The fourth-order valence-corrected chi connectivity index (χ4v) is 1.26. The molecule has 0 aliphatic heterocycles. The van der Waals surface area contributed by atoms with Gasteiger partial charge in [0.25, 0.3) is 5.91 Å². The van der Waals surface area contributed by atoms with Crippen LogP contribution in [0.2, 0.25) is 0 Å². The Kier molecular flexibility index (Phi) is 6.64. The lowest BCUT2D eigenvalue weighted by atomic mass is 10.3. The molecule has 0 aromatic heterocycles. The fraction of sp³-hybridized carbons (Fsp3) is 0.462. The molecule has 0 heterocycles. The van der Waals surface area contributed by atoms with Crippen molar-refractivity contribution in [2.45, 2.75) is 13.3 Å². The maximum absolute atomic E-state index is 11.3. The number of hydrogen-bond acceptors (Lipinski definition) is 4. The highest BCUT2D eigenvalue weighted by Gasteiger charge is 2.01. The molecular formula is C13H20N2O3. The zero-order valence-electron chi connectivity index (χ0n) is 10.6. The van der Waals surface area contributed by atoms with Crippen molar-refractivity contribution in [3.8, 4) is 11.5 Å². The molecule has 0 radical (unpaired) electrons. The van der Waals surface area contributed by atoms with Gasteiger partial charge in [-0.05, 0) is 30.7 Å². The van der Waals surface area contributed by atoms with Gasteiger partial charge in [0.15, 0.2) is 6.61 Å². The standard InChI is InChI=1S/C13H20N2O3/c1-2-9-17-11-3-5-12(6-4-11)18-10-13(16)15-8-7-14/h3-6H,2,7-10,14H2,1H3,(H,15,16). The van der Waals surface area contributed by atoms with Crippen molar-refractivity contribution in [3.05, 3.63) is 24.3 Å². The number of carbonyl (C=O) groups excluding carboxylic acids is 1. The third-order valence-electron chi connectivity index (χ3n) is 2.13. The van der Waals surface area contributed by atoms with E-state index in [1.165, 1.54) is 0 Å². The molecule has 1 aromatic rings. The lowest BCUT2D eigenvalue weighted by molar-refractivity contribution is -0.123. The van der Waals surface area contributed by atoms with Crippen molar-refractivity contribution in [1.29, 1.82) is 0 Å². The molecule has 0 spiro atoms. The van der Waals surface area contributed by atoms with Crippen LogP contribution in [0.5, 0.6) is 11.5 Å². The third kappa shape index (κ3) is 5.54. The molecule has 5 nitrogen and oxygen atoms in total. The smallest absolute Gasteiger partial charge is 0.257 e. The van der Waals surface area contributed by atoms with Crippen molar-refractivity contribution in [2.75, 3.05) is 26.3 Å². The van der Waals surface area contributed by atoms with Gasteiger partial charge in [-0.25, -0.2) is 0 Å². The Hall–Kier alpha value is -1.75. The Morgan fingerprint density at radius 2 is 1.83 bits per heavy atom. The first kappa shape index (κ1) is 14.3. The summed E-state index contributed by atoms with van der Waals surface area (Å²) in [7, 11) is 0. The van der Waals surface area contributed by atoms with Crippen LogP contribution in [0.3, 0.4) is 0 Å². The SMILES string of the molecule is CCCOc1ccc(OCC(=O)NCCN)cc1. The van der Waals surface area contributed by atoms with E-state index in [0.717, 1.165) is 12.2 Å². The summed E-state index contributed by atoms with van der Waals surface area (Å²) in [5, 5.41) is 2.63. The zero-order chi connectivity index (χ0) is 13.2. The van der Waals surface area contributed by atoms with Gasteiger partial charge in [0.2, 0.25) is 0 Å². The molecule has 0 atom stereocenters. The van der Waals surface area contributed by atoms with Crippen molar-refractivity contribution < 1.29 is 14.3 Å². The quantitative estimate of drug-likeness (QED) is 0.722. The number of carbonyl (C=O) groups is 1. The molecule has 18 heavy (non-hydrogen) atoms.